The van der Waals surface area contributed by atoms with Crippen molar-refractivity contribution in [1.82, 2.24) is 15.1 Å². The van der Waals surface area contributed by atoms with E-state index in [2.05, 4.69) is 24.3 Å². The van der Waals surface area contributed by atoms with Crippen LogP contribution in [0.2, 0.25) is 0 Å². The van der Waals surface area contributed by atoms with Crippen LogP contribution >= 0.6 is 24.8 Å². The Kier molecular flexibility index (Phi) is 10.8. The monoisotopic (exact) mass is 366 g/mol. The average molecular weight is 367 g/mol. The molecule has 1 rings (SSSR count). The Hall–Kier alpha value is -0.780. The number of aryl methyl sites for hydroxylation is 2. The van der Waals surface area contributed by atoms with Crippen molar-refractivity contribution in [3.63, 3.8) is 0 Å². The molecule has 1 amide bonds. The Labute approximate surface area is 152 Å². The van der Waals surface area contributed by atoms with Gasteiger partial charge in [-0.15, -0.1) is 24.8 Å². The molecular weight excluding hydrogens is 335 g/mol. The van der Waals surface area contributed by atoms with Gasteiger partial charge in [-0.2, -0.15) is 5.10 Å². The molecule has 0 radical (unpaired) electrons. The lowest BCUT2D eigenvalue weighted by Gasteiger charge is -2.27. The van der Waals surface area contributed by atoms with Crippen LogP contribution in [-0.4, -0.2) is 27.8 Å². The number of nitrogens with two attached hydrogens (primary N) is 1. The minimum absolute atomic E-state index is 0. The Balaban J connectivity index is 0. The van der Waals surface area contributed by atoms with Crippen LogP contribution in [0, 0.1) is 19.8 Å². The molecule has 3 N–H and O–H groups in total. The fraction of sp³-hybridized carbons (Fsp3) is 0.750. The molecule has 7 heteroatoms. The number of nitrogens with zero attached hydrogens (tertiary/aromatic N) is 2. The maximum Gasteiger partial charge on any atom is 0.223 e. The lowest BCUT2D eigenvalue weighted by molar-refractivity contribution is -0.124. The van der Waals surface area contributed by atoms with Gasteiger partial charge < -0.3 is 11.1 Å². The van der Waals surface area contributed by atoms with Crippen molar-refractivity contribution in [2.75, 3.05) is 6.54 Å². The summed E-state index contributed by atoms with van der Waals surface area (Å²) in [6.07, 6.45) is 2.44. The van der Waals surface area contributed by atoms with E-state index in [1.165, 1.54) is 5.56 Å². The van der Waals surface area contributed by atoms with Gasteiger partial charge >= 0.3 is 0 Å². The highest BCUT2D eigenvalue weighted by molar-refractivity contribution is 5.85. The number of nitrogens with one attached hydrogen (secondary N) is 1. The molecule has 136 valence electrons. The smallest absolute Gasteiger partial charge is 0.223 e. The van der Waals surface area contributed by atoms with Crippen molar-refractivity contribution < 1.29 is 4.79 Å². The van der Waals surface area contributed by atoms with Crippen LogP contribution in [-0.2, 0) is 18.3 Å². The summed E-state index contributed by atoms with van der Waals surface area (Å²) in [5.41, 5.74) is 9.23. The molecule has 0 aromatic carbocycles. The van der Waals surface area contributed by atoms with E-state index in [1.807, 2.05) is 32.5 Å². The number of halogens is 2. The SMILES string of the molecule is CCC(N)(CC)CNC(=O)C(C)Cc1c(C)nn(C)c1C.Cl.Cl. The predicted molar refractivity (Wildman–Crippen MR) is 101 cm³/mol. The van der Waals surface area contributed by atoms with Gasteiger partial charge in [-0.3, -0.25) is 9.48 Å². The minimum atomic E-state index is -0.296. The summed E-state index contributed by atoms with van der Waals surface area (Å²) in [4.78, 5) is 12.3. The van der Waals surface area contributed by atoms with Crippen molar-refractivity contribution >= 4 is 30.7 Å². The van der Waals surface area contributed by atoms with Crippen molar-refractivity contribution in [3.05, 3.63) is 17.0 Å². The van der Waals surface area contributed by atoms with Crippen LogP contribution in [0.3, 0.4) is 0 Å². The molecule has 1 heterocycles. The number of aromatic nitrogens is 2. The zero-order chi connectivity index (χ0) is 16.2. The summed E-state index contributed by atoms with van der Waals surface area (Å²) < 4.78 is 1.87. The number of hydrogen-bond acceptors (Lipinski definition) is 3. The lowest BCUT2D eigenvalue weighted by atomic mass is 9.93. The zero-order valence-electron chi connectivity index (χ0n) is 15.1. The van der Waals surface area contributed by atoms with Gasteiger partial charge in [0.1, 0.15) is 0 Å². The van der Waals surface area contributed by atoms with E-state index in [0.29, 0.717) is 13.0 Å². The summed E-state index contributed by atoms with van der Waals surface area (Å²) in [5, 5.41) is 7.40. The van der Waals surface area contributed by atoms with E-state index in [9.17, 15) is 4.79 Å². The van der Waals surface area contributed by atoms with E-state index in [-0.39, 0.29) is 42.2 Å². The van der Waals surface area contributed by atoms with E-state index in [0.717, 1.165) is 24.2 Å². The van der Waals surface area contributed by atoms with Gasteiger partial charge in [-0.1, -0.05) is 20.8 Å². The first kappa shape index (κ1) is 24.5. The Bertz CT molecular complexity index is 499. The van der Waals surface area contributed by atoms with E-state index >= 15 is 0 Å². The molecule has 0 aliphatic carbocycles. The van der Waals surface area contributed by atoms with Gasteiger partial charge in [0.15, 0.2) is 0 Å². The number of carbonyl (C=O) groups is 1. The largest absolute Gasteiger partial charge is 0.354 e. The molecule has 0 saturated heterocycles. The first-order valence-corrected chi connectivity index (χ1v) is 7.79. The topological polar surface area (TPSA) is 72.9 Å². The molecule has 0 bridgehead atoms. The van der Waals surface area contributed by atoms with Gasteiger partial charge in [0.05, 0.1) is 5.69 Å². The van der Waals surface area contributed by atoms with Crippen molar-refractivity contribution in [3.8, 4) is 0 Å². The second kappa shape index (κ2) is 10.2. The third-order valence-electron chi connectivity index (χ3n) is 4.64. The van der Waals surface area contributed by atoms with Crippen LogP contribution in [0.15, 0.2) is 0 Å². The highest BCUT2D eigenvalue weighted by Gasteiger charge is 2.23. The van der Waals surface area contributed by atoms with Gasteiger partial charge in [-0.25, -0.2) is 0 Å². The van der Waals surface area contributed by atoms with Crippen molar-refractivity contribution in [1.29, 1.82) is 0 Å². The normalized spacial score (nSPS) is 12.1. The molecule has 5 nitrogen and oxygen atoms in total. The third kappa shape index (κ3) is 6.32. The summed E-state index contributed by atoms with van der Waals surface area (Å²) in [6, 6.07) is 0. The lowest BCUT2D eigenvalue weighted by Crippen LogP contribution is -2.50. The maximum atomic E-state index is 12.3. The number of carbonyl (C=O) groups excluding carboxylic acids is 1. The highest BCUT2D eigenvalue weighted by atomic mass is 35.5. The molecule has 0 aliphatic rings. The fourth-order valence-electron chi connectivity index (χ4n) is 2.45. The van der Waals surface area contributed by atoms with Crippen LogP contribution in [0.25, 0.3) is 0 Å². The molecule has 1 aromatic rings. The summed E-state index contributed by atoms with van der Waals surface area (Å²) in [5.74, 6) is -0.0149. The van der Waals surface area contributed by atoms with Crippen LogP contribution in [0.4, 0.5) is 0 Å². The Morgan fingerprint density at radius 3 is 2.22 bits per heavy atom. The number of amides is 1. The number of hydrogen-bond donors (Lipinski definition) is 2. The highest BCUT2D eigenvalue weighted by Crippen LogP contribution is 2.17. The second-order valence-electron chi connectivity index (χ2n) is 6.17. The van der Waals surface area contributed by atoms with Gasteiger partial charge in [0.25, 0.3) is 0 Å². The molecule has 0 saturated carbocycles. The van der Waals surface area contributed by atoms with Crippen LogP contribution in [0.5, 0.6) is 0 Å². The van der Waals surface area contributed by atoms with Crippen molar-refractivity contribution in [2.24, 2.45) is 18.7 Å². The molecule has 23 heavy (non-hydrogen) atoms. The summed E-state index contributed by atoms with van der Waals surface area (Å²) in [7, 11) is 1.93. The molecule has 0 fully saturated rings. The standard InChI is InChI=1S/C16H30N4O.2ClH/c1-7-16(17,8-2)10-18-15(21)11(3)9-14-12(4)19-20(6)13(14)5;;/h11H,7-10,17H2,1-6H3,(H,18,21);2*1H. The minimum Gasteiger partial charge on any atom is -0.354 e. The molecule has 0 aliphatic heterocycles. The fourth-order valence-corrected chi connectivity index (χ4v) is 2.45. The third-order valence-corrected chi connectivity index (χ3v) is 4.64. The molecule has 0 spiro atoms. The van der Waals surface area contributed by atoms with E-state index < -0.39 is 0 Å². The summed E-state index contributed by atoms with van der Waals surface area (Å²) in [6.45, 7) is 10.6. The molecule has 1 atom stereocenters. The van der Waals surface area contributed by atoms with E-state index in [4.69, 9.17) is 5.73 Å². The number of rotatable bonds is 7. The average Bonchev–Trinajstić information content (AvgIpc) is 2.70. The Morgan fingerprint density at radius 1 is 1.30 bits per heavy atom. The first-order chi connectivity index (χ1) is 9.74. The zero-order valence-corrected chi connectivity index (χ0v) is 16.7. The van der Waals surface area contributed by atoms with Gasteiger partial charge in [0, 0.05) is 30.7 Å². The van der Waals surface area contributed by atoms with Gasteiger partial charge in [-0.05, 0) is 38.7 Å². The second-order valence-corrected chi connectivity index (χ2v) is 6.17. The summed E-state index contributed by atoms with van der Waals surface area (Å²) >= 11 is 0. The molecule has 1 aromatic heterocycles. The quantitative estimate of drug-likeness (QED) is 0.778. The van der Waals surface area contributed by atoms with Crippen LogP contribution < -0.4 is 11.1 Å². The first-order valence-electron chi connectivity index (χ1n) is 7.79. The molecular formula is C16H32Cl2N4O. The van der Waals surface area contributed by atoms with Gasteiger partial charge in [0.2, 0.25) is 5.91 Å². The van der Waals surface area contributed by atoms with Crippen LogP contribution in [0.1, 0.15) is 50.6 Å². The molecule has 1 unspecified atom stereocenters. The maximum absolute atomic E-state index is 12.3. The van der Waals surface area contributed by atoms with E-state index in [1.54, 1.807) is 0 Å². The predicted octanol–water partition coefficient (Wildman–Crippen LogP) is 2.69. The van der Waals surface area contributed by atoms with Crippen molar-refractivity contribution in [2.45, 2.75) is 59.4 Å². The Morgan fingerprint density at radius 2 is 1.83 bits per heavy atom.